The van der Waals surface area contributed by atoms with E-state index in [0.717, 1.165) is 26.7 Å². The maximum atomic E-state index is 12.2. The van der Waals surface area contributed by atoms with Crippen molar-refractivity contribution in [2.45, 2.75) is 20.0 Å². The van der Waals surface area contributed by atoms with Gasteiger partial charge in [-0.25, -0.2) is 0 Å². The smallest absolute Gasteiger partial charge is 0.326 e. The number of carbonyl (C=O) groups excluding carboxylic acids is 3. The van der Waals surface area contributed by atoms with Crippen molar-refractivity contribution in [1.82, 2.24) is 4.90 Å². The van der Waals surface area contributed by atoms with Gasteiger partial charge in [-0.15, -0.1) is 0 Å². The van der Waals surface area contributed by atoms with Crippen molar-refractivity contribution < 1.29 is 19.1 Å². The number of carbonyl (C=O) groups is 3. The van der Waals surface area contributed by atoms with Crippen molar-refractivity contribution in [3.8, 4) is 0 Å². The number of rotatable bonds is 4. The first-order valence-electron chi connectivity index (χ1n) is 6.57. The van der Waals surface area contributed by atoms with Gasteiger partial charge in [0.05, 0.1) is 11.0 Å². The molecule has 1 heterocycles. The Bertz CT molecular complexity index is 639. The first kappa shape index (κ1) is 16.8. The van der Waals surface area contributed by atoms with Crippen LogP contribution in [0.2, 0.25) is 0 Å². The zero-order chi connectivity index (χ0) is 16.3. The van der Waals surface area contributed by atoms with Gasteiger partial charge in [-0.1, -0.05) is 28.1 Å². The van der Waals surface area contributed by atoms with Crippen LogP contribution in [0.5, 0.6) is 0 Å². The largest absolute Gasteiger partial charge is 0.462 e. The third kappa shape index (κ3) is 4.20. The van der Waals surface area contributed by atoms with Crippen molar-refractivity contribution in [2.24, 2.45) is 0 Å². The molecule has 1 aliphatic rings. The van der Waals surface area contributed by atoms with Crippen LogP contribution in [0.1, 0.15) is 19.4 Å². The van der Waals surface area contributed by atoms with Gasteiger partial charge in [0.15, 0.2) is 0 Å². The second-order valence-electron chi connectivity index (χ2n) is 4.86. The Morgan fingerprint density at radius 2 is 1.95 bits per heavy atom. The minimum absolute atomic E-state index is 0.286. The van der Waals surface area contributed by atoms with Gasteiger partial charge in [-0.2, -0.15) is 0 Å². The number of amides is 2. The lowest BCUT2D eigenvalue weighted by Crippen LogP contribution is -2.35. The van der Waals surface area contributed by atoms with E-state index in [1.54, 1.807) is 19.9 Å². The Hall–Kier alpha value is -1.60. The number of esters is 1. The summed E-state index contributed by atoms with van der Waals surface area (Å²) in [7, 11) is 0. The lowest BCUT2D eigenvalue weighted by Gasteiger charge is -2.13. The molecule has 116 valence electrons. The number of nitrogens with zero attached hydrogens (tertiary/aromatic N) is 1. The highest BCUT2D eigenvalue weighted by Gasteiger charge is 2.36. The third-order valence-electron chi connectivity index (χ3n) is 2.70. The summed E-state index contributed by atoms with van der Waals surface area (Å²) >= 11 is 4.15. The SMILES string of the molecule is CC(C)OC(=O)CN1C(=O)S/C(=C\c2ccc(Br)cc2)C1=O. The topological polar surface area (TPSA) is 63.7 Å². The van der Waals surface area contributed by atoms with Gasteiger partial charge >= 0.3 is 5.97 Å². The summed E-state index contributed by atoms with van der Waals surface area (Å²) in [5.74, 6) is -1.07. The molecule has 0 spiro atoms. The lowest BCUT2D eigenvalue weighted by atomic mass is 10.2. The summed E-state index contributed by atoms with van der Waals surface area (Å²) in [6.45, 7) is 3.05. The van der Waals surface area contributed by atoms with E-state index in [0.29, 0.717) is 4.91 Å². The number of hydrogen-bond acceptors (Lipinski definition) is 5. The number of benzene rings is 1. The van der Waals surface area contributed by atoms with E-state index in [2.05, 4.69) is 15.9 Å². The summed E-state index contributed by atoms with van der Waals surface area (Å²) in [5, 5.41) is -0.464. The van der Waals surface area contributed by atoms with E-state index in [1.165, 1.54) is 0 Å². The van der Waals surface area contributed by atoms with Crippen molar-refractivity contribution in [3.05, 3.63) is 39.2 Å². The van der Waals surface area contributed by atoms with E-state index >= 15 is 0 Å². The molecule has 0 aromatic heterocycles. The van der Waals surface area contributed by atoms with Crippen LogP contribution in [0.15, 0.2) is 33.6 Å². The molecule has 0 unspecified atom stereocenters. The van der Waals surface area contributed by atoms with Crippen LogP contribution in [-0.4, -0.2) is 34.7 Å². The van der Waals surface area contributed by atoms with Gasteiger partial charge in [0.25, 0.3) is 11.1 Å². The molecular weight excluding hydrogens is 370 g/mol. The third-order valence-corrected chi connectivity index (χ3v) is 4.13. The molecule has 0 radical (unpaired) electrons. The molecule has 5 nitrogen and oxygen atoms in total. The zero-order valence-corrected chi connectivity index (χ0v) is 14.4. The van der Waals surface area contributed by atoms with Crippen LogP contribution < -0.4 is 0 Å². The normalized spacial score (nSPS) is 16.7. The Kier molecular flexibility index (Phi) is 5.42. The van der Waals surface area contributed by atoms with Crippen LogP contribution >= 0.6 is 27.7 Å². The van der Waals surface area contributed by atoms with Crippen molar-refractivity contribution >= 4 is 50.9 Å². The highest BCUT2D eigenvalue weighted by molar-refractivity contribution is 9.10. The number of hydrogen-bond donors (Lipinski definition) is 0. The highest BCUT2D eigenvalue weighted by atomic mass is 79.9. The molecule has 1 saturated heterocycles. The predicted molar refractivity (Wildman–Crippen MR) is 88.0 cm³/mol. The van der Waals surface area contributed by atoms with E-state index < -0.39 is 17.1 Å². The second-order valence-corrected chi connectivity index (χ2v) is 6.77. The van der Waals surface area contributed by atoms with Gasteiger partial charge in [0, 0.05) is 4.47 Å². The molecule has 1 aromatic rings. The molecule has 22 heavy (non-hydrogen) atoms. The van der Waals surface area contributed by atoms with Crippen LogP contribution in [0.4, 0.5) is 4.79 Å². The number of halogens is 1. The zero-order valence-electron chi connectivity index (χ0n) is 12.0. The summed E-state index contributed by atoms with van der Waals surface area (Å²) in [5.41, 5.74) is 0.804. The van der Waals surface area contributed by atoms with Gasteiger partial charge in [0.2, 0.25) is 0 Å². The van der Waals surface area contributed by atoms with E-state index in [-0.39, 0.29) is 12.6 Å². The van der Waals surface area contributed by atoms with Gasteiger partial charge < -0.3 is 4.74 Å². The second kappa shape index (κ2) is 7.11. The standard InChI is InChI=1S/C15H14BrNO4S/c1-9(2)21-13(18)8-17-14(19)12(22-15(17)20)7-10-3-5-11(16)6-4-10/h3-7,9H,8H2,1-2H3/b12-7-. The first-order valence-corrected chi connectivity index (χ1v) is 8.18. The van der Waals surface area contributed by atoms with Gasteiger partial charge in [-0.05, 0) is 49.4 Å². The molecule has 0 N–H and O–H groups in total. The molecule has 2 rings (SSSR count). The van der Waals surface area contributed by atoms with Crippen LogP contribution in [-0.2, 0) is 14.3 Å². The number of ether oxygens (including phenoxy) is 1. The van der Waals surface area contributed by atoms with Gasteiger partial charge in [-0.3, -0.25) is 19.3 Å². The quantitative estimate of drug-likeness (QED) is 0.588. The van der Waals surface area contributed by atoms with Crippen molar-refractivity contribution in [2.75, 3.05) is 6.54 Å². The summed E-state index contributed by atoms with van der Waals surface area (Å²) in [6.07, 6.45) is 1.34. The Labute approximate surface area is 140 Å². The van der Waals surface area contributed by atoms with E-state index in [4.69, 9.17) is 4.74 Å². The van der Waals surface area contributed by atoms with E-state index in [9.17, 15) is 14.4 Å². The maximum absolute atomic E-state index is 12.2. The molecule has 1 aromatic carbocycles. The molecule has 7 heteroatoms. The van der Waals surface area contributed by atoms with Crippen LogP contribution in [0.25, 0.3) is 6.08 Å². The monoisotopic (exact) mass is 383 g/mol. The minimum atomic E-state index is -0.595. The summed E-state index contributed by atoms with van der Waals surface area (Å²) in [4.78, 5) is 36.9. The molecule has 0 saturated carbocycles. The summed E-state index contributed by atoms with van der Waals surface area (Å²) in [6, 6.07) is 7.34. The summed E-state index contributed by atoms with van der Waals surface area (Å²) < 4.78 is 5.88. The maximum Gasteiger partial charge on any atom is 0.326 e. The Balaban J connectivity index is 2.11. The van der Waals surface area contributed by atoms with E-state index in [1.807, 2.05) is 24.3 Å². The minimum Gasteiger partial charge on any atom is -0.462 e. The lowest BCUT2D eigenvalue weighted by molar-refractivity contribution is -0.149. The fourth-order valence-electron chi connectivity index (χ4n) is 1.78. The van der Waals surface area contributed by atoms with Crippen molar-refractivity contribution in [1.29, 1.82) is 0 Å². The average molecular weight is 384 g/mol. The van der Waals surface area contributed by atoms with Crippen molar-refractivity contribution in [3.63, 3.8) is 0 Å². The molecular formula is C15H14BrNO4S. The first-order chi connectivity index (χ1) is 10.4. The number of thioether (sulfide) groups is 1. The highest BCUT2D eigenvalue weighted by Crippen LogP contribution is 2.32. The average Bonchev–Trinajstić information content (AvgIpc) is 2.68. The Morgan fingerprint density at radius 1 is 1.32 bits per heavy atom. The molecule has 2 amide bonds. The van der Waals surface area contributed by atoms with Gasteiger partial charge in [0.1, 0.15) is 6.54 Å². The Morgan fingerprint density at radius 3 is 2.55 bits per heavy atom. The molecule has 1 fully saturated rings. The fourth-order valence-corrected chi connectivity index (χ4v) is 2.88. The molecule has 1 aliphatic heterocycles. The molecule has 0 atom stereocenters. The van der Waals surface area contributed by atoms with Crippen LogP contribution in [0, 0.1) is 0 Å². The molecule has 0 bridgehead atoms. The fraction of sp³-hybridized carbons (Fsp3) is 0.267. The molecule has 0 aliphatic carbocycles. The van der Waals surface area contributed by atoms with Crippen LogP contribution in [0.3, 0.4) is 0 Å². The predicted octanol–water partition coefficient (Wildman–Crippen LogP) is 3.44. The number of imide groups is 1.